The lowest BCUT2D eigenvalue weighted by Gasteiger charge is -2.35. The molecule has 0 aliphatic carbocycles. The molecule has 9 heteroatoms. The Hall–Kier alpha value is -2.52. The van der Waals surface area contributed by atoms with Crippen molar-refractivity contribution in [3.8, 4) is 0 Å². The second kappa shape index (κ2) is 7.84. The first-order valence-corrected chi connectivity index (χ1v) is 10.2. The van der Waals surface area contributed by atoms with Crippen LogP contribution in [0.5, 0.6) is 0 Å². The first-order chi connectivity index (χ1) is 13.2. The third kappa shape index (κ3) is 4.48. The average Bonchev–Trinajstić information content (AvgIpc) is 2.63. The highest BCUT2D eigenvalue weighted by Gasteiger charge is 2.26. The fraction of sp³-hybridized carbons (Fsp3) is 0.316. The van der Waals surface area contributed by atoms with E-state index in [9.17, 15) is 22.0 Å². The number of nitrogens with one attached hydrogen (secondary N) is 1. The predicted molar refractivity (Wildman–Crippen MR) is 99.5 cm³/mol. The van der Waals surface area contributed by atoms with Gasteiger partial charge in [-0.15, -0.1) is 0 Å². The number of hydrogen-bond donors (Lipinski definition) is 1. The number of anilines is 1. The zero-order valence-electron chi connectivity index (χ0n) is 15.4. The number of carbonyl (C=O) groups excluding carboxylic acids is 1. The smallest absolute Gasteiger partial charge is 0.261 e. The molecule has 1 heterocycles. The zero-order valence-corrected chi connectivity index (χ0v) is 16.2. The summed E-state index contributed by atoms with van der Waals surface area (Å²) in [6.07, 6.45) is -0.121. The summed E-state index contributed by atoms with van der Waals surface area (Å²) in [6, 6.07) is 8.23. The third-order valence-corrected chi connectivity index (χ3v) is 5.67. The van der Waals surface area contributed by atoms with Crippen LogP contribution in [-0.2, 0) is 14.8 Å². The summed E-state index contributed by atoms with van der Waals surface area (Å²) in [4.78, 5) is 13.9. The van der Waals surface area contributed by atoms with E-state index in [1.54, 1.807) is 4.90 Å². The standard InChI is InChI=1S/C19H20F2N2O4S/c1-12-10-23(11-13(2)27-12)19(24)14-3-5-15(6-4-14)22-28(25,26)16-7-8-17(20)18(21)9-16/h3-9,12-13,22H,10-11H2,1-2H3/t12-,13-/m0/s1. The highest BCUT2D eigenvalue weighted by molar-refractivity contribution is 7.92. The van der Waals surface area contributed by atoms with Crippen molar-refractivity contribution < 1.29 is 26.7 Å². The first-order valence-electron chi connectivity index (χ1n) is 8.68. The Morgan fingerprint density at radius 3 is 2.21 bits per heavy atom. The maximum absolute atomic E-state index is 13.3. The van der Waals surface area contributed by atoms with Crippen LogP contribution >= 0.6 is 0 Å². The van der Waals surface area contributed by atoms with Crippen LogP contribution in [0.4, 0.5) is 14.5 Å². The molecule has 0 aromatic heterocycles. The number of rotatable bonds is 4. The molecule has 0 unspecified atom stereocenters. The van der Waals surface area contributed by atoms with Gasteiger partial charge in [-0.05, 0) is 56.3 Å². The minimum atomic E-state index is -4.09. The van der Waals surface area contributed by atoms with E-state index >= 15 is 0 Å². The van der Waals surface area contributed by atoms with Crippen LogP contribution in [0.2, 0.25) is 0 Å². The van der Waals surface area contributed by atoms with Gasteiger partial charge in [-0.2, -0.15) is 0 Å². The summed E-state index contributed by atoms with van der Waals surface area (Å²) in [7, 11) is -4.09. The van der Waals surface area contributed by atoms with Gasteiger partial charge in [0.15, 0.2) is 11.6 Å². The summed E-state index contributed by atoms with van der Waals surface area (Å²) < 4.78 is 58.8. The Labute approximate surface area is 162 Å². The van der Waals surface area contributed by atoms with Gasteiger partial charge >= 0.3 is 0 Å². The number of carbonyl (C=O) groups is 1. The van der Waals surface area contributed by atoms with Crippen molar-refractivity contribution in [2.75, 3.05) is 17.8 Å². The fourth-order valence-electron chi connectivity index (χ4n) is 3.07. The molecule has 3 rings (SSSR count). The van der Waals surface area contributed by atoms with Crippen LogP contribution in [0.1, 0.15) is 24.2 Å². The second-order valence-corrected chi connectivity index (χ2v) is 8.41. The summed E-state index contributed by atoms with van der Waals surface area (Å²) in [6.45, 7) is 4.75. The second-order valence-electron chi connectivity index (χ2n) is 6.73. The van der Waals surface area contributed by atoms with Crippen LogP contribution in [0.15, 0.2) is 47.4 Å². The lowest BCUT2D eigenvalue weighted by atomic mass is 10.1. The number of benzene rings is 2. The van der Waals surface area contributed by atoms with Crippen molar-refractivity contribution >= 4 is 21.6 Å². The largest absolute Gasteiger partial charge is 0.372 e. The van der Waals surface area contributed by atoms with Gasteiger partial charge in [-0.25, -0.2) is 17.2 Å². The van der Waals surface area contributed by atoms with E-state index in [0.717, 1.165) is 12.1 Å². The van der Waals surface area contributed by atoms with Crippen LogP contribution in [0.3, 0.4) is 0 Å². The normalized spacial score (nSPS) is 20.1. The van der Waals surface area contributed by atoms with E-state index in [1.165, 1.54) is 24.3 Å². The molecule has 0 radical (unpaired) electrons. The van der Waals surface area contributed by atoms with Gasteiger partial charge in [0.05, 0.1) is 17.1 Å². The summed E-state index contributed by atoms with van der Waals surface area (Å²) in [5.74, 6) is -2.55. The Balaban J connectivity index is 1.73. The van der Waals surface area contributed by atoms with Gasteiger partial charge in [-0.1, -0.05) is 0 Å². The average molecular weight is 410 g/mol. The molecule has 0 bridgehead atoms. The molecule has 1 amide bonds. The van der Waals surface area contributed by atoms with Crippen LogP contribution < -0.4 is 4.72 Å². The number of hydrogen-bond acceptors (Lipinski definition) is 4. The number of halogens is 2. The lowest BCUT2D eigenvalue weighted by Crippen LogP contribution is -2.48. The molecule has 1 N–H and O–H groups in total. The van der Waals surface area contributed by atoms with Crippen molar-refractivity contribution in [1.29, 1.82) is 0 Å². The molecule has 2 atom stereocenters. The molecule has 1 fully saturated rings. The van der Waals surface area contributed by atoms with E-state index in [0.29, 0.717) is 24.7 Å². The molecule has 1 aliphatic heterocycles. The number of amides is 1. The van der Waals surface area contributed by atoms with Crippen LogP contribution in [0, 0.1) is 11.6 Å². The van der Waals surface area contributed by atoms with Crippen molar-refractivity contribution in [3.63, 3.8) is 0 Å². The van der Waals surface area contributed by atoms with Crippen molar-refractivity contribution in [2.45, 2.75) is 31.0 Å². The van der Waals surface area contributed by atoms with Gasteiger partial charge in [0.1, 0.15) is 0 Å². The summed E-state index contributed by atoms with van der Waals surface area (Å²) >= 11 is 0. The van der Waals surface area contributed by atoms with Gasteiger partial charge in [0, 0.05) is 24.3 Å². The molecular formula is C19H20F2N2O4S. The van der Waals surface area contributed by atoms with Crippen molar-refractivity contribution in [1.82, 2.24) is 4.90 Å². The molecule has 1 saturated heterocycles. The molecule has 6 nitrogen and oxygen atoms in total. The quantitative estimate of drug-likeness (QED) is 0.841. The van der Waals surface area contributed by atoms with Crippen LogP contribution in [-0.4, -0.2) is 44.5 Å². The summed E-state index contributed by atoms with van der Waals surface area (Å²) in [5, 5.41) is 0. The topological polar surface area (TPSA) is 75.7 Å². The Kier molecular flexibility index (Phi) is 5.66. The fourth-order valence-corrected chi connectivity index (χ4v) is 4.14. The molecule has 28 heavy (non-hydrogen) atoms. The molecule has 1 aliphatic rings. The molecular weight excluding hydrogens is 390 g/mol. The SMILES string of the molecule is C[C@H]1CN(C(=O)c2ccc(NS(=O)(=O)c3ccc(F)c(F)c3)cc2)C[C@H](C)O1. The minimum absolute atomic E-state index is 0.0603. The zero-order chi connectivity index (χ0) is 20.5. The molecule has 150 valence electrons. The van der Waals surface area contributed by atoms with Gasteiger partial charge in [0.25, 0.3) is 15.9 Å². The summed E-state index contributed by atoms with van der Waals surface area (Å²) in [5.41, 5.74) is 0.613. The van der Waals surface area contributed by atoms with Crippen molar-refractivity contribution in [3.05, 3.63) is 59.7 Å². The monoisotopic (exact) mass is 410 g/mol. The minimum Gasteiger partial charge on any atom is -0.372 e. The molecule has 2 aromatic rings. The Morgan fingerprint density at radius 2 is 1.64 bits per heavy atom. The van der Waals surface area contributed by atoms with E-state index in [-0.39, 0.29) is 23.8 Å². The first kappa shape index (κ1) is 20.2. The molecule has 0 saturated carbocycles. The number of morpholine rings is 1. The van der Waals surface area contributed by atoms with E-state index in [2.05, 4.69) is 4.72 Å². The Bertz CT molecular complexity index is 970. The van der Waals surface area contributed by atoms with Gasteiger partial charge < -0.3 is 9.64 Å². The predicted octanol–water partition coefficient (Wildman–Crippen LogP) is 3.02. The lowest BCUT2D eigenvalue weighted by molar-refractivity contribution is -0.0586. The number of sulfonamides is 1. The highest BCUT2D eigenvalue weighted by atomic mass is 32.2. The highest BCUT2D eigenvalue weighted by Crippen LogP contribution is 2.20. The van der Waals surface area contributed by atoms with E-state index < -0.39 is 26.6 Å². The van der Waals surface area contributed by atoms with Gasteiger partial charge in [-0.3, -0.25) is 9.52 Å². The molecule has 2 aromatic carbocycles. The van der Waals surface area contributed by atoms with E-state index in [4.69, 9.17) is 4.74 Å². The maximum Gasteiger partial charge on any atom is 0.261 e. The van der Waals surface area contributed by atoms with E-state index in [1.807, 2.05) is 13.8 Å². The van der Waals surface area contributed by atoms with Crippen LogP contribution in [0.25, 0.3) is 0 Å². The maximum atomic E-state index is 13.3. The van der Waals surface area contributed by atoms with Crippen molar-refractivity contribution in [2.24, 2.45) is 0 Å². The molecule has 0 spiro atoms. The Morgan fingerprint density at radius 1 is 1.04 bits per heavy atom. The number of nitrogens with zero attached hydrogens (tertiary/aromatic N) is 1. The number of ether oxygens (including phenoxy) is 1. The van der Waals surface area contributed by atoms with Gasteiger partial charge in [0.2, 0.25) is 0 Å². The third-order valence-electron chi connectivity index (χ3n) is 4.29.